The molecule has 2 aliphatic heterocycles. The van der Waals surface area contributed by atoms with Crippen LogP contribution in [0.1, 0.15) is 64.6 Å². The molecule has 1 aromatic carbocycles. The van der Waals surface area contributed by atoms with Gasteiger partial charge in [-0.3, -0.25) is 0 Å². The fourth-order valence-corrected chi connectivity index (χ4v) is 4.54. The second-order valence-corrected chi connectivity index (χ2v) is 13.4. The Hall–Kier alpha value is -4.62. The lowest BCUT2D eigenvalue weighted by Crippen LogP contribution is -2.35. The average molecular weight is 683 g/mol. The summed E-state index contributed by atoms with van der Waals surface area (Å²) in [5.74, 6) is 0.611. The molecule has 0 unspecified atom stereocenters. The highest BCUT2D eigenvalue weighted by Gasteiger charge is 2.28. The molecule has 3 aromatic rings. The van der Waals surface area contributed by atoms with Gasteiger partial charge in [0.1, 0.15) is 17.8 Å². The van der Waals surface area contributed by atoms with Gasteiger partial charge in [-0.25, -0.2) is 33.9 Å². The van der Waals surface area contributed by atoms with Crippen molar-refractivity contribution in [3.05, 3.63) is 88.8 Å². The molecular formula is C34H40ClFN6O6. The minimum absolute atomic E-state index is 0.0805. The highest BCUT2D eigenvalue weighted by molar-refractivity contribution is 6.30. The predicted molar refractivity (Wildman–Crippen MR) is 177 cm³/mol. The summed E-state index contributed by atoms with van der Waals surface area (Å²) in [7, 11) is 0. The number of rotatable bonds is 6. The molecule has 5 rings (SSSR count). The number of nitrogens with zero attached hydrogens (tertiary/aromatic N) is 6. The number of ether oxygens (including phenoxy) is 3. The minimum Gasteiger partial charge on any atom is -0.484 e. The maximum Gasteiger partial charge on any atom is 0.410 e. The van der Waals surface area contributed by atoms with E-state index in [0.717, 1.165) is 11.1 Å². The van der Waals surface area contributed by atoms with Gasteiger partial charge in [0.25, 0.3) is 0 Å². The van der Waals surface area contributed by atoms with Gasteiger partial charge in [0.15, 0.2) is 23.2 Å². The number of amides is 2. The molecule has 1 N–H and O–H groups in total. The molecule has 0 spiro atoms. The zero-order valence-electron chi connectivity index (χ0n) is 27.9. The lowest BCUT2D eigenvalue weighted by Gasteiger charge is -2.24. The molecule has 0 fully saturated rings. The van der Waals surface area contributed by atoms with Crippen LogP contribution in [-0.4, -0.2) is 84.4 Å². The second-order valence-electron chi connectivity index (χ2n) is 12.9. The van der Waals surface area contributed by atoms with Crippen LogP contribution in [0.2, 0.25) is 5.02 Å². The Labute approximate surface area is 284 Å². The van der Waals surface area contributed by atoms with Crippen molar-refractivity contribution in [1.82, 2.24) is 29.7 Å². The van der Waals surface area contributed by atoms with Gasteiger partial charge in [-0.05, 0) is 71.9 Å². The van der Waals surface area contributed by atoms with Crippen LogP contribution in [0.25, 0.3) is 11.1 Å². The standard InChI is InChI=1S/C20H21ClFN3O3.C14H19N3O3/c1-20(2,3)28-19(26)25-9-7-13(11-25)18-23-8-6-15(24-18)12-27-17-5-4-14(21)10-16(17)22;1-14(2,3)20-13(19)17-7-5-10(8-17)12-15-6-4-11(9-18)16-12/h4-8,10H,9,11-12H2,1-3H3;4-6,18H,7-9H2,1-3H3. The van der Waals surface area contributed by atoms with Gasteiger partial charge in [-0.1, -0.05) is 23.8 Å². The van der Waals surface area contributed by atoms with Crippen molar-refractivity contribution in [3.8, 4) is 5.75 Å². The van der Waals surface area contributed by atoms with Gasteiger partial charge in [-0.15, -0.1) is 0 Å². The quantitative estimate of drug-likeness (QED) is 0.325. The van der Waals surface area contributed by atoms with Crippen LogP contribution in [0.5, 0.6) is 5.75 Å². The lowest BCUT2D eigenvalue weighted by molar-refractivity contribution is 0.0295. The second kappa shape index (κ2) is 15.5. The van der Waals surface area contributed by atoms with E-state index in [2.05, 4.69) is 19.9 Å². The predicted octanol–water partition coefficient (Wildman–Crippen LogP) is 6.09. The van der Waals surface area contributed by atoms with E-state index in [1.807, 2.05) is 53.7 Å². The maximum absolute atomic E-state index is 13.8. The minimum atomic E-state index is -0.551. The summed E-state index contributed by atoms with van der Waals surface area (Å²) in [6, 6.07) is 7.57. The molecule has 0 saturated carbocycles. The molecule has 2 aliphatic rings. The number of aliphatic hydroxyl groups is 1. The van der Waals surface area contributed by atoms with E-state index >= 15 is 0 Å². The SMILES string of the molecule is CC(C)(C)OC(=O)N1CC=C(c2nccc(CO)n2)C1.CC(C)(C)OC(=O)N1CC=C(c2nccc(COc3ccc(Cl)cc3F)n2)C1. The molecule has 256 valence electrons. The van der Waals surface area contributed by atoms with Crippen LogP contribution in [0, 0.1) is 5.82 Å². The molecule has 0 aliphatic carbocycles. The van der Waals surface area contributed by atoms with Gasteiger partial charge in [-0.2, -0.15) is 0 Å². The summed E-state index contributed by atoms with van der Waals surface area (Å²) in [6.45, 7) is 12.6. The molecule has 2 amide bonds. The van der Waals surface area contributed by atoms with Crippen LogP contribution in [0.3, 0.4) is 0 Å². The van der Waals surface area contributed by atoms with Crippen LogP contribution in [0.15, 0.2) is 54.9 Å². The van der Waals surface area contributed by atoms with Crippen molar-refractivity contribution >= 4 is 34.9 Å². The Morgan fingerprint density at radius 2 is 1.33 bits per heavy atom. The maximum atomic E-state index is 13.8. The Morgan fingerprint density at radius 1 is 0.833 bits per heavy atom. The summed E-state index contributed by atoms with van der Waals surface area (Å²) in [5.41, 5.74) is 1.79. The van der Waals surface area contributed by atoms with Gasteiger partial charge < -0.3 is 29.1 Å². The van der Waals surface area contributed by atoms with E-state index in [1.165, 1.54) is 12.1 Å². The van der Waals surface area contributed by atoms with Gasteiger partial charge in [0, 0.05) is 41.7 Å². The summed E-state index contributed by atoms with van der Waals surface area (Å²) in [6.07, 6.45) is 6.28. The fourth-order valence-electron chi connectivity index (χ4n) is 4.38. The van der Waals surface area contributed by atoms with Crippen molar-refractivity contribution in [1.29, 1.82) is 0 Å². The van der Waals surface area contributed by atoms with Crippen LogP contribution < -0.4 is 4.74 Å². The molecule has 2 aromatic heterocycles. The molecule has 48 heavy (non-hydrogen) atoms. The van der Waals surface area contributed by atoms with E-state index in [4.69, 9.17) is 30.9 Å². The number of benzene rings is 1. The molecule has 12 nitrogen and oxygen atoms in total. The molecule has 4 heterocycles. The molecule has 0 bridgehead atoms. The van der Waals surface area contributed by atoms with Crippen LogP contribution in [-0.2, 0) is 22.7 Å². The van der Waals surface area contributed by atoms with E-state index in [1.54, 1.807) is 40.4 Å². The van der Waals surface area contributed by atoms with Crippen LogP contribution in [0.4, 0.5) is 14.0 Å². The average Bonchev–Trinajstić information content (AvgIpc) is 3.71. The third kappa shape index (κ3) is 10.7. The van der Waals surface area contributed by atoms with E-state index in [0.29, 0.717) is 54.2 Å². The van der Waals surface area contributed by atoms with Gasteiger partial charge in [0.05, 0.1) is 31.1 Å². The zero-order valence-corrected chi connectivity index (χ0v) is 28.6. The van der Waals surface area contributed by atoms with Crippen molar-refractivity contribution < 1.29 is 33.3 Å². The number of hydrogen-bond acceptors (Lipinski definition) is 10. The number of aliphatic hydroxyl groups excluding tert-OH is 1. The van der Waals surface area contributed by atoms with Crippen molar-refractivity contribution in [2.75, 3.05) is 26.2 Å². The first-order valence-corrected chi connectivity index (χ1v) is 15.6. The number of aromatic nitrogens is 4. The zero-order chi connectivity index (χ0) is 35.1. The Balaban J connectivity index is 0.000000229. The summed E-state index contributed by atoms with van der Waals surface area (Å²) < 4.78 is 30.0. The lowest BCUT2D eigenvalue weighted by atomic mass is 10.2. The first-order valence-electron chi connectivity index (χ1n) is 15.3. The normalized spacial score (nSPS) is 14.5. The van der Waals surface area contributed by atoms with E-state index < -0.39 is 17.0 Å². The van der Waals surface area contributed by atoms with Crippen molar-refractivity contribution in [2.45, 2.75) is 66.0 Å². The molecular weight excluding hydrogens is 643 g/mol. The van der Waals surface area contributed by atoms with E-state index in [9.17, 15) is 14.0 Å². The van der Waals surface area contributed by atoms with Gasteiger partial charge >= 0.3 is 12.2 Å². The number of hydrogen-bond donors (Lipinski definition) is 1. The largest absolute Gasteiger partial charge is 0.484 e. The highest BCUT2D eigenvalue weighted by Crippen LogP contribution is 2.24. The number of halogens is 2. The monoisotopic (exact) mass is 682 g/mol. The van der Waals surface area contributed by atoms with Gasteiger partial charge in [0.2, 0.25) is 0 Å². The molecule has 0 radical (unpaired) electrons. The molecule has 0 atom stereocenters. The van der Waals surface area contributed by atoms with E-state index in [-0.39, 0.29) is 31.1 Å². The smallest absolute Gasteiger partial charge is 0.410 e. The fraction of sp³-hybridized carbons (Fsp3) is 0.412. The third-order valence-electron chi connectivity index (χ3n) is 6.57. The third-order valence-corrected chi connectivity index (χ3v) is 6.81. The summed E-state index contributed by atoms with van der Waals surface area (Å²) >= 11 is 5.74. The van der Waals surface area contributed by atoms with Crippen molar-refractivity contribution in [3.63, 3.8) is 0 Å². The molecule has 0 saturated heterocycles. The Morgan fingerprint density at radius 3 is 1.81 bits per heavy atom. The first kappa shape index (κ1) is 36.2. The van der Waals surface area contributed by atoms with Crippen molar-refractivity contribution in [2.24, 2.45) is 0 Å². The topological polar surface area (TPSA) is 140 Å². The van der Waals surface area contributed by atoms with Crippen LogP contribution >= 0.6 is 11.6 Å². The number of carbonyl (C=O) groups excluding carboxylic acids is 2. The summed E-state index contributed by atoms with van der Waals surface area (Å²) in [4.78, 5) is 44.4. The first-order chi connectivity index (χ1) is 22.6. The Bertz CT molecular complexity index is 1690. The number of carbonyl (C=O) groups is 2. The molecule has 14 heteroatoms. The summed E-state index contributed by atoms with van der Waals surface area (Å²) in [5, 5.41) is 9.38. The Kier molecular flexibility index (Phi) is 11.7. The highest BCUT2D eigenvalue weighted by atomic mass is 35.5.